The van der Waals surface area contributed by atoms with Crippen molar-refractivity contribution in [3.05, 3.63) is 36.0 Å². The van der Waals surface area contributed by atoms with Gasteiger partial charge in [-0.3, -0.25) is 0 Å². The monoisotopic (exact) mass is 336 g/mol. The van der Waals surface area contributed by atoms with E-state index in [1.54, 1.807) is 0 Å². The smallest absolute Gasteiger partial charge is 0.230 e. The summed E-state index contributed by atoms with van der Waals surface area (Å²) in [5, 5.41) is 0. The molecule has 0 bridgehead atoms. The zero-order chi connectivity index (χ0) is 16.8. The molecule has 2 N–H and O–H groups in total. The molecule has 3 aromatic rings. The maximum Gasteiger partial charge on any atom is 0.230 e. The van der Waals surface area contributed by atoms with Crippen molar-refractivity contribution in [2.75, 3.05) is 23.7 Å². The summed E-state index contributed by atoms with van der Waals surface area (Å²) >= 11 is 0. The molecule has 128 valence electrons. The van der Waals surface area contributed by atoms with E-state index in [1.807, 2.05) is 24.3 Å². The van der Waals surface area contributed by atoms with E-state index >= 15 is 0 Å². The first-order valence-corrected chi connectivity index (χ1v) is 8.88. The fourth-order valence-electron chi connectivity index (χ4n) is 3.49. The number of anilines is 2. The minimum absolute atomic E-state index is 0.239. The predicted molar refractivity (Wildman–Crippen MR) is 94.4 cm³/mol. The summed E-state index contributed by atoms with van der Waals surface area (Å²) in [6.45, 7) is 1.71. The van der Waals surface area contributed by atoms with E-state index in [4.69, 9.17) is 10.2 Å². The molecule has 1 aliphatic carbocycles. The molecule has 2 fully saturated rings. The van der Waals surface area contributed by atoms with E-state index in [9.17, 15) is 0 Å². The summed E-state index contributed by atoms with van der Waals surface area (Å²) in [5.74, 6) is 3.35. The highest BCUT2D eigenvalue weighted by atomic mass is 16.3. The first-order valence-electron chi connectivity index (χ1n) is 8.88. The minimum atomic E-state index is 0.239. The Labute approximate surface area is 145 Å². The molecule has 0 radical (unpaired) electrons. The highest BCUT2D eigenvalue weighted by molar-refractivity contribution is 5.72. The normalized spacial score (nSPS) is 21.0. The van der Waals surface area contributed by atoms with Crippen molar-refractivity contribution < 1.29 is 4.42 Å². The Morgan fingerprint density at radius 1 is 1.00 bits per heavy atom. The van der Waals surface area contributed by atoms with Crippen LogP contribution in [0, 0.1) is 0 Å². The van der Waals surface area contributed by atoms with Crippen LogP contribution in [-0.2, 0) is 0 Å². The number of oxazole rings is 1. The van der Waals surface area contributed by atoms with Crippen molar-refractivity contribution in [2.24, 2.45) is 0 Å². The largest absolute Gasteiger partial charge is 0.440 e. The Balaban J connectivity index is 1.42. The summed E-state index contributed by atoms with van der Waals surface area (Å²) in [4.78, 5) is 20.2. The molecule has 1 unspecified atom stereocenters. The second-order valence-electron chi connectivity index (χ2n) is 6.93. The molecule has 5 rings (SSSR count). The van der Waals surface area contributed by atoms with Gasteiger partial charge in [-0.15, -0.1) is 0 Å². The number of piperidine rings is 1. The van der Waals surface area contributed by atoms with E-state index in [1.165, 1.54) is 0 Å². The first-order chi connectivity index (χ1) is 12.3. The van der Waals surface area contributed by atoms with Crippen molar-refractivity contribution in [2.45, 2.75) is 37.5 Å². The second kappa shape index (κ2) is 5.68. The van der Waals surface area contributed by atoms with Gasteiger partial charge in [-0.05, 0) is 37.8 Å². The third-order valence-corrected chi connectivity index (χ3v) is 4.96. The zero-order valence-corrected chi connectivity index (χ0v) is 13.9. The number of aromatic nitrogens is 4. The summed E-state index contributed by atoms with van der Waals surface area (Å²) in [6.07, 6.45) is 4.40. The lowest BCUT2D eigenvalue weighted by Gasteiger charge is -2.31. The Bertz CT molecular complexity index is 886. The van der Waals surface area contributed by atoms with E-state index in [2.05, 4.69) is 24.8 Å². The fraction of sp³-hybridized carbons (Fsp3) is 0.444. The van der Waals surface area contributed by atoms with Crippen molar-refractivity contribution in [1.82, 2.24) is 19.9 Å². The van der Waals surface area contributed by atoms with E-state index < -0.39 is 0 Å². The first kappa shape index (κ1) is 14.6. The van der Waals surface area contributed by atoms with Gasteiger partial charge < -0.3 is 15.1 Å². The predicted octanol–water partition coefficient (Wildman–Crippen LogP) is 2.86. The van der Waals surface area contributed by atoms with Crippen molar-refractivity contribution in [1.29, 1.82) is 0 Å². The molecule has 1 saturated heterocycles. The number of rotatable bonds is 3. The molecule has 25 heavy (non-hydrogen) atoms. The topological polar surface area (TPSA) is 94.0 Å². The van der Waals surface area contributed by atoms with Crippen molar-refractivity contribution >= 4 is 23.0 Å². The summed E-state index contributed by atoms with van der Waals surface area (Å²) in [5.41, 5.74) is 7.66. The molecular formula is C18H20N6O. The van der Waals surface area contributed by atoms with Crippen LogP contribution < -0.4 is 10.6 Å². The van der Waals surface area contributed by atoms with Gasteiger partial charge in [0.05, 0.1) is 5.92 Å². The van der Waals surface area contributed by atoms with Crippen LogP contribution in [0.5, 0.6) is 0 Å². The van der Waals surface area contributed by atoms with E-state index in [0.29, 0.717) is 17.8 Å². The van der Waals surface area contributed by atoms with Crippen LogP contribution in [-0.4, -0.2) is 33.0 Å². The third kappa shape index (κ3) is 2.79. The maximum absolute atomic E-state index is 5.97. The maximum atomic E-state index is 5.97. The number of para-hydroxylation sites is 2. The summed E-state index contributed by atoms with van der Waals surface area (Å²) in [7, 11) is 0. The van der Waals surface area contributed by atoms with Crippen LogP contribution in [0.25, 0.3) is 11.1 Å². The van der Waals surface area contributed by atoms with Crippen LogP contribution in [0.3, 0.4) is 0 Å². The molecule has 1 saturated carbocycles. The van der Waals surface area contributed by atoms with Crippen molar-refractivity contribution in [3.63, 3.8) is 0 Å². The van der Waals surface area contributed by atoms with Gasteiger partial charge in [-0.1, -0.05) is 12.1 Å². The number of nitrogens with two attached hydrogens (primary N) is 1. The number of nitrogens with zero attached hydrogens (tertiary/aromatic N) is 5. The Morgan fingerprint density at radius 3 is 2.72 bits per heavy atom. The number of nitrogen functional groups attached to an aromatic ring is 1. The molecule has 0 spiro atoms. The SMILES string of the molecule is Nc1nc(C2CC2)nc(N2CCCC(c3nc4ccccc4o3)C2)n1. The average molecular weight is 336 g/mol. The van der Waals surface area contributed by atoms with Gasteiger partial charge in [0.25, 0.3) is 0 Å². The molecule has 2 aromatic heterocycles. The van der Waals surface area contributed by atoms with Crippen LogP contribution in [0.4, 0.5) is 11.9 Å². The average Bonchev–Trinajstić information content (AvgIpc) is 3.40. The number of hydrogen-bond acceptors (Lipinski definition) is 7. The lowest BCUT2D eigenvalue weighted by atomic mass is 9.98. The molecule has 7 nitrogen and oxygen atoms in total. The number of hydrogen-bond donors (Lipinski definition) is 1. The van der Waals surface area contributed by atoms with Crippen LogP contribution in [0.15, 0.2) is 28.7 Å². The highest BCUT2D eigenvalue weighted by Crippen LogP contribution is 2.39. The third-order valence-electron chi connectivity index (χ3n) is 4.96. The standard InChI is InChI=1S/C18H20N6O/c19-17-21-15(11-7-8-11)22-18(23-17)24-9-3-4-12(10-24)16-20-13-5-1-2-6-14(13)25-16/h1-2,5-6,11-12H,3-4,7-10H2,(H2,19,21,22,23). The lowest BCUT2D eigenvalue weighted by Crippen LogP contribution is -2.36. The van der Waals surface area contributed by atoms with Crippen LogP contribution in [0.1, 0.15) is 49.2 Å². The van der Waals surface area contributed by atoms with Crippen LogP contribution >= 0.6 is 0 Å². The fourth-order valence-corrected chi connectivity index (χ4v) is 3.49. The zero-order valence-electron chi connectivity index (χ0n) is 13.9. The van der Waals surface area contributed by atoms with Gasteiger partial charge in [0.15, 0.2) is 11.5 Å². The summed E-state index contributed by atoms with van der Waals surface area (Å²) < 4.78 is 5.97. The quantitative estimate of drug-likeness (QED) is 0.786. The van der Waals surface area contributed by atoms with E-state index in [-0.39, 0.29) is 5.92 Å². The Hall–Kier alpha value is -2.70. The van der Waals surface area contributed by atoms with E-state index in [0.717, 1.165) is 61.6 Å². The molecular weight excluding hydrogens is 316 g/mol. The molecule has 1 atom stereocenters. The Kier molecular flexibility index (Phi) is 3.33. The van der Waals surface area contributed by atoms with Gasteiger partial charge in [-0.25, -0.2) is 4.98 Å². The number of benzene rings is 1. The van der Waals surface area contributed by atoms with Gasteiger partial charge in [0.1, 0.15) is 11.3 Å². The molecule has 7 heteroatoms. The second-order valence-corrected chi connectivity index (χ2v) is 6.93. The molecule has 2 aliphatic rings. The lowest BCUT2D eigenvalue weighted by molar-refractivity contribution is 0.410. The Morgan fingerprint density at radius 2 is 1.88 bits per heavy atom. The summed E-state index contributed by atoms with van der Waals surface area (Å²) in [6, 6.07) is 7.89. The van der Waals surface area contributed by atoms with Crippen molar-refractivity contribution in [3.8, 4) is 0 Å². The van der Waals surface area contributed by atoms with Gasteiger partial charge in [-0.2, -0.15) is 15.0 Å². The van der Waals surface area contributed by atoms with Gasteiger partial charge in [0.2, 0.25) is 11.9 Å². The molecule has 3 heterocycles. The minimum Gasteiger partial charge on any atom is -0.440 e. The highest BCUT2D eigenvalue weighted by Gasteiger charge is 2.30. The van der Waals surface area contributed by atoms with Gasteiger partial charge >= 0.3 is 0 Å². The van der Waals surface area contributed by atoms with Gasteiger partial charge in [0, 0.05) is 19.0 Å². The molecule has 1 aromatic carbocycles. The molecule has 1 aliphatic heterocycles. The number of fused-ring (bicyclic) bond motifs is 1. The molecule has 0 amide bonds. The van der Waals surface area contributed by atoms with Crippen LogP contribution in [0.2, 0.25) is 0 Å².